The van der Waals surface area contributed by atoms with Gasteiger partial charge in [0.05, 0.1) is 6.54 Å². The van der Waals surface area contributed by atoms with Gasteiger partial charge in [-0.2, -0.15) is 0 Å². The van der Waals surface area contributed by atoms with Crippen LogP contribution in [0.1, 0.15) is 6.42 Å². The quantitative estimate of drug-likeness (QED) is 0.269. The number of nitrogens with zero attached hydrogens (tertiary/aromatic N) is 3. The minimum atomic E-state index is 0.669. The molecule has 58 valence electrons. The van der Waals surface area contributed by atoms with Crippen molar-refractivity contribution in [2.75, 3.05) is 27.2 Å². The first-order valence-electron chi connectivity index (χ1n) is 3.17. The first-order valence-corrected chi connectivity index (χ1v) is 3.17. The SMILES string of the molecule is CN(C)CCCN=C=NO. The van der Waals surface area contributed by atoms with Gasteiger partial charge in [-0.05, 0) is 32.2 Å². The third kappa shape index (κ3) is 7.14. The largest absolute Gasteiger partial charge is 0.403 e. The van der Waals surface area contributed by atoms with Crippen LogP contribution in [0.4, 0.5) is 0 Å². The average molecular weight is 143 g/mol. The predicted octanol–water partition coefficient (Wildman–Crippen LogP) is 0.501. The first kappa shape index (κ1) is 9.14. The first-order chi connectivity index (χ1) is 4.77. The van der Waals surface area contributed by atoms with Crippen molar-refractivity contribution in [3.63, 3.8) is 0 Å². The van der Waals surface area contributed by atoms with E-state index in [0.717, 1.165) is 13.0 Å². The molecule has 0 rings (SSSR count). The lowest BCUT2D eigenvalue weighted by Crippen LogP contribution is -2.13. The van der Waals surface area contributed by atoms with Gasteiger partial charge in [-0.3, -0.25) is 0 Å². The lowest BCUT2D eigenvalue weighted by molar-refractivity contribution is 0.322. The Hall–Kier alpha value is -0.860. The lowest BCUT2D eigenvalue weighted by Gasteiger charge is -2.05. The van der Waals surface area contributed by atoms with Crippen molar-refractivity contribution in [1.29, 1.82) is 0 Å². The molecule has 0 saturated heterocycles. The minimum absolute atomic E-state index is 0.669. The van der Waals surface area contributed by atoms with Crippen LogP contribution in [-0.4, -0.2) is 43.3 Å². The normalized spacial score (nSPS) is 9.10. The zero-order valence-electron chi connectivity index (χ0n) is 6.41. The molecule has 0 aromatic carbocycles. The number of hydrogen-bond acceptors (Lipinski definition) is 4. The molecule has 0 aliphatic heterocycles. The van der Waals surface area contributed by atoms with Gasteiger partial charge in [0.2, 0.25) is 0 Å². The molecule has 0 heterocycles. The number of rotatable bonds is 4. The van der Waals surface area contributed by atoms with Crippen LogP contribution < -0.4 is 0 Å². The zero-order valence-corrected chi connectivity index (χ0v) is 6.41. The summed E-state index contributed by atoms with van der Waals surface area (Å²) in [6.07, 6.45) is 0.968. The molecule has 0 aromatic heterocycles. The molecule has 0 unspecified atom stereocenters. The standard InChI is InChI=1S/C6H13N3O/c1-9(2)5-3-4-7-6-8-10/h10H,3-5H2,1-2H3. The van der Waals surface area contributed by atoms with Gasteiger partial charge in [0.25, 0.3) is 0 Å². The van der Waals surface area contributed by atoms with Crippen molar-refractivity contribution in [1.82, 2.24) is 4.90 Å². The van der Waals surface area contributed by atoms with E-state index in [1.54, 1.807) is 0 Å². The summed E-state index contributed by atoms with van der Waals surface area (Å²) < 4.78 is 0. The highest BCUT2D eigenvalue weighted by Crippen LogP contribution is 1.82. The van der Waals surface area contributed by atoms with Gasteiger partial charge in [0.1, 0.15) is 6.01 Å². The number of hydrogen-bond donors (Lipinski definition) is 1. The summed E-state index contributed by atoms with van der Waals surface area (Å²) in [5.41, 5.74) is 0. The van der Waals surface area contributed by atoms with E-state index in [9.17, 15) is 0 Å². The van der Waals surface area contributed by atoms with Gasteiger partial charge < -0.3 is 10.1 Å². The maximum absolute atomic E-state index is 7.88. The molecular formula is C6H13N3O. The van der Waals surface area contributed by atoms with Crippen LogP contribution in [-0.2, 0) is 0 Å². The summed E-state index contributed by atoms with van der Waals surface area (Å²) in [4.78, 5) is 5.74. The summed E-state index contributed by atoms with van der Waals surface area (Å²) >= 11 is 0. The van der Waals surface area contributed by atoms with E-state index in [1.807, 2.05) is 14.1 Å². The molecule has 0 aliphatic carbocycles. The van der Waals surface area contributed by atoms with E-state index in [1.165, 1.54) is 0 Å². The summed E-state index contributed by atoms with van der Waals surface area (Å²) in [7, 11) is 4.01. The van der Waals surface area contributed by atoms with Gasteiger partial charge >= 0.3 is 0 Å². The molecule has 0 bridgehead atoms. The maximum atomic E-state index is 7.88. The Morgan fingerprint density at radius 2 is 2.20 bits per heavy atom. The third-order valence-corrected chi connectivity index (χ3v) is 0.991. The van der Waals surface area contributed by atoms with Gasteiger partial charge in [-0.15, -0.1) is 0 Å². The van der Waals surface area contributed by atoms with Gasteiger partial charge in [-0.1, -0.05) is 0 Å². The van der Waals surface area contributed by atoms with E-state index in [-0.39, 0.29) is 0 Å². The lowest BCUT2D eigenvalue weighted by atomic mass is 10.4. The highest BCUT2D eigenvalue weighted by molar-refractivity contribution is 5.39. The molecule has 0 saturated carbocycles. The van der Waals surface area contributed by atoms with Crippen LogP contribution in [0.5, 0.6) is 0 Å². The maximum Gasteiger partial charge on any atom is 0.135 e. The molecule has 0 amide bonds. The van der Waals surface area contributed by atoms with Crippen molar-refractivity contribution < 1.29 is 5.21 Å². The summed E-state index contributed by atoms with van der Waals surface area (Å²) in [5, 5.41) is 10.5. The van der Waals surface area contributed by atoms with E-state index >= 15 is 0 Å². The monoisotopic (exact) mass is 143 g/mol. The summed E-state index contributed by atoms with van der Waals surface area (Å²) in [5.74, 6) is 0. The third-order valence-electron chi connectivity index (χ3n) is 0.991. The second-order valence-electron chi connectivity index (χ2n) is 2.24. The molecule has 10 heavy (non-hydrogen) atoms. The molecule has 0 radical (unpaired) electrons. The van der Waals surface area contributed by atoms with E-state index < -0.39 is 0 Å². The molecule has 0 fully saturated rings. The fourth-order valence-corrected chi connectivity index (χ4v) is 0.548. The minimum Gasteiger partial charge on any atom is -0.403 e. The Balaban J connectivity index is 3.13. The van der Waals surface area contributed by atoms with Gasteiger partial charge in [0, 0.05) is 0 Å². The average Bonchev–Trinajstić information content (AvgIpc) is 1.87. The van der Waals surface area contributed by atoms with E-state index in [2.05, 4.69) is 21.1 Å². The van der Waals surface area contributed by atoms with Gasteiger partial charge in [-0.25, -0.2) is 4.99 Å². The molecule has 0 atom stereocenters. The van der Waals surface area contributed by atoms with Gasteiger partial charge in [0.15, 0.2) is 0 Å². The van der Waals surface area contributed by atoms with Crippen molar-refractivity contribution >= 4 is 6.01 Å². The zero-order chi connectivity index (χ0) is 7.82. The highest BCUT2D eigenvalue weighted by Gasteiger charge is 1.86. The van der Waals surface area contributed by atoms with Crippen molar-refractivity contribution in [3.8, 4) is 0 Å². The molecule has 4 heteroatoms. The van der Waals surface area contributed by atoms with E-state index in [4.69, 9.17) is 5.21 Å². The van der Waals surface area contributed by atoms with Crippen LogP contribution in [0.15, 0.2) is 10.1 Å². The highest BCUT2D eigenvalue weighted by atomic mass is 16.4. The molecular weight excluding hydrogens is 130 g/mol. The Morgan fingerprint density at radius 1 is 1.50 bits per heavy atom. The summed E-state index contributed by atoms with van der Waals surface area (Å²) in [6.45, 7) is 1.67. The topological polar surface area (TPSA) is 48.2 Å². The second-order valence-corrected chi connectivity index (χ2v) is 2.24. The van der Waals surface area contributed by atoms with Crippen molar-refractivity contribution in [3.05, 3.63) is 0 Å². The Morgan fingerprint density at radius 3 is 2.70 bits per heavy atom. The predicted molar refractivity (Wildman–Crippen MR) is 39.7 cm³/mol. The van der Waals surface area contributed by atoms with E-state index in [0.29, 0.717) is 6.54 Å². The van der Waals surface area contributed by atoms with Crippen LogP contribution >= 0.6 is 0 Å². The molecule has 0 aliphatic rings. The smallest absolute Gasteiger partial charge is 0.135 e. The van der Waals surface area contributed by atoms with Crippen LogP contribution in [0.25, 0.3) is 0 Å². The Bertz CT molecular complexity index is 127. The van der Waals surface area contributed by atoms with Crippen LogP contribution in [0.3, 0.4) is 0 Å². The Labute approximate surface area is 60.9 Å². The van der Waals surface area contributed by atoms with Crippen molar-refractivity contribution in [2.45, 2.75) is 6.42 Å². The number of aliphatic imine (C=N–C) groups is 1. The molecule has 1 N–H and O–H groups in total. The fourth-order valence-electron chi connectivity index (χ4n) is 0.548. The molecule has 4 nitrogen and oxygen atoms in total. The molecule has 0 aromatic rings. The van der Waals surface area contributed by atoms with Crippen LogP contribution in [0, 0.1) is 0 Å². The molecule has 0 spiro atoms. The van der Waals surface area contributed by atoms with Crippen LogP contribution in [0.2, 0.25) is 0 Å². The fraction of sp³-hybridized carbons (Fsp3) is 0.833. The van der Waals surface area contributed by atoms with Crippen molar-refractivity contribution in [2.24, 2.45) is 10.1 Å². The Kier molecular flexibility index (Phi) is 5.72. The second kappa shape index (κ2) is 6.26. The summed E-state index contributed by atoms with van der Waals surface area (Å²) in [6, 6.07) is 2.11.